The summed E-state index contributed by atoms with van der Waals surface area (Å²) in [5.41, 5.74) is 1.75. The number of amides is 1. The van der Waals surface area contributed by atoms with Crippen molar-refractivity contribution in [2.24, 2.45) is 4.99 Å². The maximum atomic E-state index is 12.0. The number of rotatable bonds is 8. The maximum absolute atomic E-state index is 12.0. The van der Waals surface area contributed by atoms with Crippen LogP contribution in [0.1, 0.15) is 64.4 Å². The van der Waals surface area contributed by atoms with Crippen LogP contribution in [0.15, 0.2) is 29.3 Å². The minimum absolute atomic E-state index is 0. The minimum atomic E-state index is -0.755. The Bertz CT molecular complexity index is 736. The molecular weight excluding hydrogens is 491 g/mol. The van der Waals surface area contributed by atoms with Gasteiger partial charge in [-0.1, -0.05) is 32.0 Å². The Balaban J connectivity index is 0.00000320. The number of para-hydroxylation sites is 1. The predicted molar refractivity (Wildman–Crippen MR) is 134 cm³/mol. The first kappa shape index (κ1) is 24.9. The van der Waals surface area contributed by atoms with Gasteiger partial charge >= 0.3 is 0 Å². The van der Waals surface area contributed by atoms with Gasteiger partial charge in [0.1, 0.15) is 0 Å². The van der Waals surface area contributed by atoms with Gasteiger partial charge in [0.2, 0.25) is 5.91 Å². The van der Waals surface area contributed by atoms with Gasteiger partial charge in [0.15, 0.2) is 5.96 Å². The van der Waals surface area contributed by atoms with Crippen molar-refractivity contribution in [1.82, 2.24) is 10.2 Å². The number of anilines is 1. The molecule has 2 aliphatic heterocycles. The van der Waals surface area contributed by atoms with E-state index < -0.39 is 5.60 Å². The SMILES string of the molecule is CCNC(=NCC(O)(CC)CC)N1CC(CCN2CCCC2=O)c2ccccc21.I. The summed E-state index contributed by atoms with van der Waals surface area (Å²) in [6.45, 7) is 9.83. The van der Waals surface area contributed by atoms with Crippen molar-refractivity contribution >= 4 is 41.5 Å². The summed E-state index contributed by atoms with van der Waals surface area (Å²) in [7, 11) is 0. The van der Waals surface area contributed by atoms with Crippen LogP contribution in [-0.2, 0) is 4.79 Å². The molecule has 0 aromatic heterocycles. The number of nitrogens with zero attached hydrogens (tertiary/aromatic N) is 3. The van der Waals surface area contributed by atoms with E-state index >= 15 is 0 Å². The van der Waals surface area contributed by atoms with Gasteiger partial charge in [-0.2, -0.15) is 0 Å². The Morgan fingerprint density at radius 1 is 1.27 bits per heavy atom. The second-order valence-corrected chi connectivity index (χ2v) is 8.24. The first-order valence-corrected chi connectivity index (χ1v) is 11.2. The van der Waals surface area contributed by atoms with Crippen molar-refractivity contribution in [3.8, 4) is 0 Å². The van der Waals surface area contributed by atoms with Gasteiger partial charge in [-0.25, -0.2) is 4.99 Å². The normalized spacial score (nSPS) is 19.1. The third-order valence-corrected chi connectivity index (χ3v) is 6.42. The summed E-state index contributed by atoms with van der Waals surface area (Å²) in [5.74, 6) is 1.50. The quantitative estimate of drug-likeness (QED) is 0.307. The highest BCUT2D eigenvalue weighted by Gasteiger charge is 2.32. The van der Waals surface area contributed by atoms with Gasteiger partial charge in [0.05, 0.1) is 12.1 Å². The zero-order valence-electron chi connectivity index (χ0n) is 18.6. The van der Waals surface area contributed by atoms with E-state index in [1.165, 1.54) is 11.3 Å². The van der Waals surface area contributed by atoms with E-state index in [0.29, 0.717) is 37.6 Å². The lowest BCUT2D eigenvalue weighted by atomic mass is 9.98. The van der Waals surface area contributed by atoms with Crippen LogP contribution < -0.4 is 10.2 Å². The van der Waals surface area contributed by atoms with E-state index in [4.69, 9.17) is 4.99 Å². The van der Waals surface area contributed by atoms with Gasteiger partial charge in [0.25, 0.3) is 0 Å². The van der Waals surface area contributed by atoms with Gasteiger partial charge in [-0.05, 0) is 44.2 Å². The first-order valence-electron chi connectivity index (χ1n) is 11.2. The number of hydrogen-bond donors (Lipinski definition) is 2. The fourth-order valence-electron chi connectivity index (χ4n) is 4.29. The van der Waals surface area contributed by atoms with E-state index in [1.54, 1.807) is 0 Å². The molecule has 0 spiro atoms. The highest BCUT2D eigenvalue weighted by molar-refractivity contribution is 14.0. The third-order valence-electron chi connectivity index (χ3n) is 6.42. The molecule has 2 N–H and O–H groups in total. The lowest BCUT2D eigenvalue weighted by Gasteiger charge is -2.27. The lowest BCUT2D eigenvalue weighted by Crippen LogP contribution is -2.42. The molecule has 6 nitrogen and oxygen atoms in total. The molecule has 1 unspecified atom stereocenters. The van der Waals surface area contributed by atoms with Crippen LogP contribution in [0.4, 0.5) is 5.69 Å². The van der Waals surface area contributed by atoms with Crippen LogP contribution >= 0.6 is 24.0 Å². The molecule has 2 heterocycles. The third kappa shape index (κ3) is 5.66. The van der Waals surface area contributed by atoms with Crippen molar-refractivity contribution in [2.45, 2.75) is 64.4 Å². The number of likely N-dealkylation sites (tertiary alicyclic amines) is 1. The fraction of sp³-hybridized carbons (Fsp3) is 0.652. The average molecular weight is 528 g/mol. The number of hydrogen-bond acceptors (Lipinski definition) is 3. The molecule has 0 radical (unpaired) electrons. The van der Waals surface area contributed by atoms with Crippen LogP contribution in [0.3, 0.4) is 0 Å². The van der Waals surface area contributed by atoms with Crippen molar-refractivity contribution < 1.29 is 9.90 Å². The smallest absolute Gasteiger partial charge is 0.222 e. The monoisotopic (exact) mass is 528 g/mol. The molecule has 1 saturated heterocycles. The second-order valence-electron chi connectivity index (χ2n) is 8.24. The van der Waals surface area contributed by atoms with Crippen molar-refractivity contribution in [1.29, 1.82) is 0 Å². The molecular formula is C23H37IN4O2. The van der Waals surface area contributed by atoms with Crippen LogP contribution in [0.25, 0.3) is 0 Å². The fourth-order valence-corrected chi connectivity index (χ4v) is 4.29. The van der Waals surface area contributed by atoms with E-state index in [0.717, 1.165) is 45.0 Å². The van der Waals surface area contributed by atoms with Gasteiger partial charge < -0.3 is 20.2 Å². The van der Waals surface area contributed by atoms with Crippen molar-refractivity contribution in [2.75, 3.05) is 37.6 Å². The Kier molecular flexibility index (Phi) is 9.40. The van der Waals surface area contributed by atoms with E-state index in [2.05, 4.69) is 41.4 Å². The van der Waals surface area contributed by atoms with E-state index in [-0.39, 0.29) is 24.0 Å². The molecule has 0 bridgehead atoms. The minimum Gasteiger partial charge on any atom is -0.388 e. The van der Waals surface area contributed by atoms with Crippen LogP contribution in [0.2, 0.25) is 0 Å². The van der Waals surface area contributed by atoms with E-state index in [1.807, 2.05) is 18.7 Å². The first-order chi connectivity index (χ1) is 14.0. The van der Waals surface area contributed by atoms with Gasteiger partial charge in [-0.15, -0.1) is 24.0 Å². The van der Waals surface area contributed by atoms with Crippen molar-refractivity contribution in [3.63, 3.8) is 0 Å². The zero-order valence-corrected chi connectivity index (χ0v) is 20.9. The summed E-state index contributed by atoms with van der Waals surface area (Å²) in [6, 6.07) is 8.50. The number of carbonyl (C=O) groups excluding carboxylic acids is 1. The number of aliphatic hydroxyl groups is 1. The number of benzene rings is 1. The van der Waals surface area contributed by atoms with Crippen molar-refractivity contribution in [3.05, 3.63) is 29.8 Å². The largest absolute Gasteiger partial charge is 0.388 e. The number of aliphatic imine (C=N–C) groups is 1. The van der Waals surface area contributed by atoms with Crippen LogP contribution in [-0.4, -0.2) is 60.2 Å². The highest BCUT2D eigenvalue weighted by atomic mass is 127. The molecule has 3 rings (SSSR count). The lowest BCUT2D eigenvalue weighted by molar-refractivity contribution is -0.127. The molecule has 1 atom stereocenters. The van der Waals surface area contributed by atoms with E-state index in [9.17, 15) is 9.90 Å². The zero-order chi connectivity index (χ0) is 20.9. The summed E-state index contributed by atoms with van der Waals surface area (Å²) < 4.78 is 0. The summed E-state index contributed by atoms with van der Waals surface area (Å²) in [6.07, 6.45) is 4.03. The average Bonchev–Trinajstić information content (AvgIpc) is 3.32. The molecule has 2 aliphatic rings. The molecule has 0 aliphatic carbocycles. The van der Waals surface area contributed by atoms with Crippen LogP contribution in [0.5, 0.6) is 0 Å². The molecule has 168 valence electrons. The summed E-state index contributed by atoms with van der Waals surface area (Å²) >= 11 is 0. The molecule has 1 aromatic carbocycles. The second kappa shape index (κ2) is 11.3. The highest BCUT2D eigenvalue weighted by Crippen LogP contribution is 2.38. The number of nitrogens with one attached hydrogen (secondary N) is 1. The molecule has 30 heavy (non-hydrogen) atoms. The number of fused-ring (bicyclic) bond motifs is 1. The standard InChI is InChI=1S/C23H36N4O2.HI/c1-4-23(29,5-2)17-25-22(24-6-3)27-16-18(19-10-7-8-11-20(19)27)13-15-26-14-9-12-21(26)28;/h7-8,10-11,18,29H,4-6,9,12-17H2,1-3H3,(H,24,25);1H. The Morgan fingerprint density at radius 2 is 2.00 bits per heavy atom. The molecule has 1 fully saturated rings. The number of halogens is 1. The van der Waals surface area contributed by atoms with Gasteiger partial charge in [-0.3, -0.25) is 4.79 Å². The Hall–Kier alpha value is -1.35. The van der Waals surface area contributed by atoms with Gasteiger partial charge in [0, 0.05) is 44.2 Å². The summed E-state index contributed by atoms with van der Waals surface area (Å²) in [5, 5.41) is 14.1. The predicted octanol–water partition coefficient (Wildman–Crippen LogP) is 3.74. The van der Waals surface area contributed by atoms with Crippen LogP contribution in [0, 0.1) is 0 Å². The molecule has 1 amide bonds. The number of guanidine groups is 1. The maximum Gasteiger partial charge on any atom is 0.222 e. The molecule has 0 saturated carbocycles. The topological polar surface area (TPSA) is 68.2 Å². The Labute approximate surface area is 198 Å². The number of carbonyl (C=O) groups is 1. The summed E-state index contributed by atoms with van der Waals surface area (Å²) in [4.78, 5) is 21.0. The molecule has 1 aromatic rings. The molecule has 7 heteroatoms. The Morgan fingerprint density at radius 3 is 2.63 bits per heavy atom.